The Morgan fingerprint density at radius 3 is 2.55 bits per heavy atom. The molecule has 0 spiro atoms. The van der Waals surface area contributed by atoms with Gasteiger partial charge in [-0.15, -0.1) is 0 Å². The number of amides is 2. The van der Waals surface area contributed by atoms with Crippen molar-refractivity contribution in [2.75, 3.05) is 26.2 Å². The van der Waals surface area contributed by atoms with Gasteiger partial charge in [-0.05, 0) is 37.8 Å². The molecule has 1 aromatic rings. The molecule has 29 heavy (non-hydrogen) atoms. The molecule has 0 aromatic carbocycles. The summed E-state index contributed by atoms with van der Waals surface area (Å²) < 4.78 is 11.2. The molecule has 0 bridgehead atoms. The van der Waals surface area contributed by atoms with Crippen molar-refractivity contribution >= 4 is 11.8 Å². The molecular weight excluding hydrogens is 368 g/mol. The second-order valence-corrected chi connectivity index (χ2v) is 7.97. The van der Waals surface area contributed by atoms with E-state index in [4.69, 9.17) is 9.15 Å². The van der Waals surface area contributed by atoms with Crippen molar-refractivity contribution in [2.24, 2.45) is 0 Å². The lowest BCUT2D eigenvalue weighted by molar-refractivity contribution is -0.142. The molecule has 1 atom stereocenters. The van der Waals surface area contributed by atoms with Crippen LogP contribution in [0.2, 0.25) is 0 Å². The molecule has 6 nitrogen and oxygen atoms in total. The molecule has 164 valence electrons. The van der Waals surface area contributed by atoms with Gasteiger partial charge in [-0.25, -0.2) is 0 Å². The zero-order chi connectivity index (χ0) is 20.9. The first-order valence-corrected chi connectivity index (χ1v) is 11.3. The molecule has 0 aliphatic carbocycles. The number of ether oxygens (including phenoxy) is 1. The van der Waals surface area contributed by atoms with E-state index in [0.717, 1.165) is 63.7 Å². The van der Waals surface area contributed by atoms with E-state index in [2.05, 4.69) is 13.8 Å². The molecule has 1 aromatic heterocycles. The normalized spacial score (nSPS) is 16.1. The first kappa shape index (κ1) is 23.5. The number of carbonyl (C=O) groups excluding carboxylic acids is 2. The summed E-state index contributed by atoms with van der Waals surface area (Å²) in [6.07, 6.45) is 10.4. The van der Waals surface area contributed by atoms with E-state index in [1.54, 1.807) is 16.1 Å². The summed E-state index contributed by atoms with van der Waals surface area (Å²) in [5.74, 6) is 0.815. The Morgan fingerprint density at radius 2 is 1.90 bits per heavy atom. The van der Waals surface area contributed by atoms with Crippen molar-refractivity contribution in [3.8, 4) is 0 Å². The molecule has 6 heteroatoms. The lowest BCUT2D eigenvalue weighted by Crippen LogP contribution is -2.45. The number of hydrogen-bond acceptors (Lipinski definition) is 4. The lowest BCUT2D eigenvalue weighted by atomic mass is 10.1. The minimum absolute atomic E-state index is 0.0325. The van der Waals surface area contributed by atoms with Gasteiger partial charge in [0.05, 0.1) is 25.5 Å². The third kappa shape index (κ3) is 8.60. The number of unbranched alkanes of at least 4 members (excludes halogenated alkanes) is 4. The maximum atomic E-state index is 13.1. The van der Waals surface area contributed by atoms with E-state index in [1.807, 2.05) is 12.1 Å². The summed E-state index contributed by atoms with van der Waals surface area (Å²) in [7, 11) is 0. The fourth-order valence-electron chi connectivity index (χ4n) is 3.64. The van der Waals surface area contributed by atoms with Crippen molar-refractivity contribution in [2.45, 2.75) is 84.3 Å². The van der Waals surface area contributed by atoms with Gasteiger partial charge < -0.3 is 19.0 Å². The Bertz CT molecular complexity index is 582. The van der Waals surface area contributed by atoms with Crippen LogP contribution in [0.4, 0.5) is 0 Å². The van der Waals surface area contributed by atoms with Gasteiger partial charge in [0.15, 0.2) is 0 Å². The summed E-state index contributed by atoms with van der Waals surface area (Å²) in [5.41, 5.74) is 0. The van der Waals surface area contributed by atoms with Crippen LogP contribution in [-0.4, -0.2) is 54.0 Å². The predicted octanol–water partition coefficient (Wildman–Crippen LogP) is 4.39. The van der Waals surface area contributed by atoms with Crippen LogP contribution in [0.3, 0.4) is 0 Å². The molecule has 1 aliphatic rings. The maximum Gasteiger partial charge on any atom is 0.242 e. The summed E-state index contributed by atoms with van der Waals surface area (Å²) >= 11 is 0. The van der Waals surface area contributed by atoms with E-state index < -0.39 is 0 Å². The number of furan rings is 1. The summed E-state index contributed by atoms with van der Waals surface area (Å²) in [4.78, 5) is 29.4. The van der Waals surface area contributed by atoms with E-state index in [-0.39, 0.29) is 24.5 Å². The minimum Gasteiger partial charge on any atom is -0.467 e. The monoisotopic (exact) mass is 406 g/mol. The van der Waals surface area contributed by atoms with Crippen molar-refractivity contribution < 1.29 is 18.7 Å². The highest BCUT2D eigenvalue weighted by atomic mass is 16.5. The highest BCUT2D eigenvalue weighted by molar-refractivity contribution is 5.84. The van der Waals surface area contributed by atoms with Gasteiger partial charge >= 0.3 is 0 Å². The standard InChI is InChI=1S/C23H38N2O4/c1-3-5-7-8-13-22(26)24(14-6-4-2)19-23(27)25(17-20-11-9-15-28-20)18-21-12-10-16-29-21/h9,11,15,21H,3-8,10,12-14,16-19H2,1-2H3/t21-/m0/s1. The summed E-state index contributed by atoms with van der Waals surface area (Å²) in [6, 6.07) is 3.71. The Kier molecular flexibility index (Phi) is 10.8. The van der Waals surface area contributed by atoms with Crippen molar-refractivity contribution in [3.05, 3.63) is 24.2 Å². The zero-order valence-electron chi connectivity index (χ0n) is 18.2. The van der Waals surface area contributed by atoms with E-state index >= 15 is 0 Å². The minimum atomic E-state index is -0.0325. The van der Waals surface area contributed by atoms with Crippen LogP contribution in [0.5, 0.6) is 0 Å². The molecule has 2 heterocycles. The summed E-state index contributed by atoms with van der Waals surface area (Å²) in [6.45, 7) is 6.77. The SMILES string of the molecule is CCCCCCC(=O)N(CCCC)CC(=O)N(Cc1ccco1)C[C@@H]1CCCO1. The highest BCUT2D eigenvalue weighted by Gasteiger charge is 2.26. The smallest absolute Gasteiger partial charge is 0.242 e. The van der Waals surface area contributed by atoms with Gasteiger partial charge in [-0.3, -0.25) is 9.59 Å². The van der Waals surface area contributed by atoms with Crippen molar-refractivity contribution in [1.29, 1.82) is 0 Å². The van der Waals surface area contributed by atoms with E-state index in [0.29, 0.717) is 26.1 Å². The van der Waals surface area contributed by atoms with Crippen LogP contribution in [0.15, 0.2) is 22.8 Å². The Morgan fingerprint density at radius 1 is 1.07 bits per heavy atom. The first-order valence-electron chi connectivity index (χ1n) is 11.3. The fourth-order valence-corrected chi connectivity index (χ4v) is 3.64. The van der Waals surface area contributed by atoms with Gasteiger partial charge in [0.1, 0.15) is 5.76 Å². The molecule has 1 fully saturated rings. The van der Waals surface area contributed by atoms with Crippen LogP contribution in [0.1, 0.15) is 77.4 Å². The molecular formula is C23H38N2O4. The van der Waals surface area contributed by atoms with E-state index in [1.165, 1.54) is 0 Å². The van der Waals surface area contributed by atoms with Gasteiger partial charge in [-0.1, -0.05) is 39.5 Å². The second kappa shape index (κ2) is 13.4. The van der Waals surface area contributed by atoms with Gasteiger partial charge in [-0.2, -0.15) is 0 Å². The van der Waals surface area contributed by atoms with Gasteiger partial charge in [0.2, 0.25) is 11.8 Å². The van der Waals surface area contributed by atoms with Gasteiger partial charge in [0.25, 0.3) is 0 Å². The third-order valence-electron chi connectivity index (χ3n) is 5.43. The Labute approximate surface area is 175 Å². The predicted molar refractivity (Wildman–Crippen MR) is 113 cm³/mol. The summed E-state index contributed by atoms with van der Waals surface area (Å²) in [5, 5.41) is 0. The molecule has 1 saturated heterocycles. The molecule has 1 aliphatic heterocycles. The number of carbonyl (C=O) groups is 2. The topological polar surface area (TPSA) is 63.0 Å². The quantitative estimate of drug-likeness (QED) is 0.430. The lowest BCUT2D eigenvalue weighted by Gasteiger charge is -2.29. The van der Waals surface area contributed by atoms with Crippen molar-refractivity contribution in [3.63, 3.8) is 0 Å². The number of nitrogens with zero attached hydrogens (tertiary/aromatic N) is 2. The van der Waals surface area contributed by atoms with Crippen LogP contribution in [0, 0.1) is 0 Å². The Balaban J connectivity index is 1.97. The van der Waals surface area contributed by atoms with Crippen molar-refractivity contribution in [1.82, 2.24) is 9.80 Å². The molecule has 2 amide bonds. The van der Waals surface area contributed by atoms with Crippen LogP contribution >= 0.6 is 0 Å². The van der Waals surface area contributed by atoms with Crippen LogP contribution < -0.4 is 0 Å². The molecule has 2 rings (SSSR count). The highest BCUT2D eigenvalue weighted by Crippen LogP contribution is 2.16. The third-order valence-corrected chi connectivity index (χ3v) is 5.43. The molecule has 0 radical (unpaired) electrons. The fraction of sp³-hybridized carbons (Fsp3) is 0.739. The Hall–Kier alpha value is -1.82. The zero-order valence-corrected chi connectivity index (χ0v) is 18.2. The molecule has 0 unspecified atom stereocenters. The average molecular weight is 407 g/mol. The van der Waals surface area contributed by atoms with Gasteiger partial charge in [0, 0.05) is 26.1 Å². The van der Waals surface area contributed by atoms with Crippen LogP contribution in [-0.2, 0) is 20.9 Å². The second-order valence-electron chi connectivity index (χ2n) is 7.97. The average Bonchev–Trinajstić information content (AvgIpc) is 3.42. The number of hydrogen-bond donors (Lipinski definition) is 0. The van der Waals surface area contributed by atoms with Crippen LogP contribution in [0.25, 0.3) is 0 Å². The van der Waals surface area contributed by atoms with E-state index in [9.17, 15) is 9.59 Å². The first-order chi connectivity index (χ1) is 14.1. The largest absolute Gasteiger partial charge is 0.467 e. The maximum absolute atomic E-state index is 13.1. The molecule has 0 saturated carbocycles. The number of rotatable bonds is 14. The molecule has 0 N–H and O–H groups in total.